The Hall–Kier alpha value is -2.64. The fourth-order valence-electron chi connectivity index (χ4n) is 3.24. The fourth-order valence-corrected chi connectivity index (χ4v) is 3.24. The van der Waals surface area contributed by atoms with Crippen molar-refractivity contribution in [2.24, 2.45) is 0 Å². The Labute approximate surface area is 151 Å². The molecule has 0 spiro atoms. The normalized spacial score (nSPS) is 15.7. The Morgan fingerprint density at radius 2 is 2.04 bits per heavy atom. The van der Waals surface area contributed by atoms with Gasteiger partial charge in [0.2, 0.25) is 5.71 Å². The molecule has 1 saturated heterocycles. The van der Waals surface area contributed by atoms with E-state index in [1.165, 1.54) is 12.7 Å². The number of nitrogens with one attached hydrogen (secondary N) is 1. The van der Waals surface area contributed by atoms with Crippen molar-refractivity contribution in [3.8, 4) is 0 Å². The summed E-state index contributed by atoms with van der Waals surface area (Å²) in [5.74, 6) is 0.293. The lowest BCUT2D eigenvalue weighted by Crippen LogP contribution is -2.39. The van der Waals surface area contributed by atoms with Gasteiger partial charge in [0.25, 0.3) is 5.91 Å². The van der Waals surface area contributed by atoms with Crippen molar-refractivity contribution in [2.75, 3.05) is 24.6 Å². The Morgan fingerprint density at radius 1 is 1.31 bits per heavy atom. The molecule has 1 N–H and O–H groups in total. The van der Waals surface area contributed by atoms with Gasteiger partial charge in [-0.15, -0.1) is 0 Å². The van der Waals surface area contributed by atoms with Crippen LogP contribution in [-0.2, 0) is 9.53 Å². The van der Waals surface area contributed by atoms with Gasteiger partial charge in [0.15, 0.2) is 0 Å². The topological polar surface area (TPSA) is 97.6 Å². The molecule has 0 aromatic carbocycles. The third-order valence-electron chi connectivity index (χ3n) is 4.51. The number of aromatic nitrogens is 2. The first-order chi connectivity index (χ1) is 12.5. The molecule has 3 heterocycles. The van der Waals surface area contributed by atoms with E-state index in [-0.39, 0.29) is 6.61 Å². The lowest BCUT2D eigenvalue weighted by Gasteiger charge is -2.28. The van der Waals surface area contributed by atoms with Gasteiger partial charge in [0, 0.05) is 13.1 Å². The van der Waals surface area contributed by atoms with Crippen molar-refractivity contribution < 1.29 is 18.7 Å². The van der Waals surface area contributed by atoms with E-state index >= 15 is 0 Å². The van der Waals surface area contributed by atoms with Gasteiger partial charge < -0.3 is 19.4 Å². The van der Waals surface area contributed by atoms with E-state index in [1.54, 1.807) is 20.8 Å². The van der Waals surface area contributed by atoms with Crippen LogP contribution in [0.15, 0.2) is 10.7 Å². The molecule has 140 valence electrons. The molecule has 1 atom stereocenters. The van der Waals surface area contributed by atoms with Gasteiger partial charge in [0.1, 0.15) is 23.9 Å². The van der Waals surface area contributed by atoms with Gasteiger partial charge in [-0.05, 0) is 40.0 Å². The largest absolute Gasteiger partial charge is 0.464 e. The molecule has 0 radical (unpaired) electrons. The standard InChI is InChI=1S/C18H24N4O4/c1-4-25-18(24)11(2)21-16(23)13-12(3)26-17-14(13)15(19-10-20-17)22-8-6-5-7-9-22/h10-11H,4-9H2,1-3H3,(H,21,23). The molecule has 26 heavy (non-hydrogen) atoms. The molecule has 8 nitrogen and oxygen atoms in total. The lowest BCUT2D eigenvalue weighted by molar-refractivity contribution is -0.144. The number of rotatable bonds is 5. The van der Waals surface area contributed by atoms with Crippen LogP contribution in [0.2, 0.25) is 0 Å². The molecular weight excluding hydrogens is 336 g/mol. The van der Waals surface area contributed by atoms with Crippen molar-refractivity contribution in [1.29, 1.82) is 0 Å². The minimum Gasteiger partial charge on any atom is -0.464 e. The summed E-state index contributed by atoms with van der Waals surface area (Å²) in [4.78, 5) is 35.4. The molecule has 2 aromatic rings. The smallest absolute Gasteiger partial charge is 0.328 e. The first-order valence-corrected chi connectivity index (χ1v) is 8.99. The van der Waals surface area contributed by atoms with Gasteiger partial charge in [-0.2, -0.15) is 0 Å². The van der Waals surface area contributed by atoms with Crippen LogP contribution in [0.4, 0.5) is 5.82 Å². The summed E-state index contributed by atoms with van der Waals surface area (Å²) in [5, 5.41) is 3.28. The van der Waals surface area contributed by atoms with E-state index in [0.29, 0.717) is 28.2 Å². The highest BCUT2D eigenvalue weighted by atomic mass is 16.5. The highest BCUT2D eigenvalue weighted by Gasteiger charge is 2.27. The van der Waals surface area contributed by atoms with E-state index < -0.39 is 17.9 Å². The minimum atomic E-state index is -0.755. The van der Waals surface area contributed by atoms with E-state index in [2.05, 4.69) is 20.2 Å². The highest BCUT2D eigenvalue weighted by molar-refractivity contribution is 6.10. The number of piperidine rings is 1. The van der Waals surface area contributed by atoms with E-state index in [9.17, 15) is 9.59 Å². The number of hydrogen-bond donors (Lipinski definition) is 1. The number of nitrogens with zero attached hydrogens (tertiary/aromatic N) is 3. The van der Waals surface area contributed by atoms with Gasteiger partial charge in [-0.3, -0.25) is 4.79 Å². The molecular formula is C18H24N4O4. The predicted molar refractivity (Wildman–Crippen MR) is 96.2 cm³/mol. The van der Waals surface area contributed by atoms with Crippen molar-refractivity contribution in [3.63, 3.8) is 0 Å². The van der Waals surface area contributed by atoms with Crippen LogP contribution in [0.5, 0.6) is 0 Å². The van der Waals surface area contributed by atoms with Crippen molar-refractivity contribution in [1.82, 2.24) is 15.3 Å². The molecule has 0 saturated carbocycles. The van der Waals surface area contributed by atoms with Crippen molar-refractivity contribution in [3.05, 3.63) is 17.7 Å². The maximum Gasteiger partial charge on any atom is 0.328 e. The summed E-state index contributed by atoms with van der Waals surface area (Å²) in [7, 11) is 0. The number of furan rings is 1. The van der Waals surface area contributed by atoms with E-state index in [1.807, 2.05) is 0 Å². The molecule has 1 aliphatic rings. The maximum absolute atomic E-state index is 12.8. The summed E-state index contributed by atoms with van der Waals surface area (Å²) in [6.45, 7) is 7.07. The monoisotopic (exact) mass is 360 g/mol. The molecule has 1 fully saturated rings. The summed E-state index contributed by atoms with van der Waals surface area (Å²) in [5.41, 5.74) is 0.754. The van der Waals surface area contributed by atoms with Gasteiger partial charge in [-0.25, -0.2) is 14.8 Å². The first kappa shape index (κ1) is 18.2. The number of esters is 1. The van der Waals surface area contributed by atoms with Gasteiger partial charge in [0.05, 0.1) is 17.6 Å². The second kappa shape index (κ2) is 7.72. The average molecular weight is 360 g/mol. The van der Waals surface area contributed by atoms with E-state index in [4.69, 9.17) is 9.15 Å². The summed E-state index contributed by atoms with van der Waals surface area (Å²) in [6, 6.07) is -0.755. The number of aryl methyl sites for hydroxylation is 1. The molecule has 3 rings (SSSR count). The van der Waals surface area contributed by atoms with Gasteiger partial charge >= 0.3 is 5.97 Å². The number of fused-ring (bicyclic) bond motifs is 1. The van der Waals surface area contributed by atoms with Crippen molar-refractivity contribution >= 4 is 28.8 Å². The zero-order valence-electron chi connectivity index (χ0n) is 15.4. The predicted octanol–water partition coefficient (Wildman–Crippen LogP) is 2.20. The SMILES string of the molecule is CCOC(=O)C(C)NC(=O)c1c(C)oc2ncnc(N3CCCCC3)c12. The Kier molecular flexibility index (Phi) is 5.39. The van der Waals surface area contributed by atoms with Crippen LogP contribution >= 0.6 is 0 Å². The van der Waals surface area contributed by atoms with Crippen LogP contribution in [0.1, 0.15) is 49.2 Å². The Morgan fingerprint density at radius 3 is 2.73 bits per heavy atom. The molecule has 1 amide bonds. The zero-order chi connectivity index (χ0) is 18.7. The van der Waals surface area contributed by atoms with Crippen LogP contribution in [0.25, 0.3) is 11.1 Å². The molecule has 0 aliphatic carbocycles. The molecule has 2 aromatic heterocycles. The van der Waals surface area contributed by atoms with Crippen molar-refractivity contribution in [2.45, 2.75) is 46.1 Å². The van der Waals surface area contributed by atoms with Crippen LogP contribution in [0.3, 0.4) is 0 Å². The second-order valence-electron chi connectivity index (χ2n) is 6.41. The summed E-state index contributed by atoms with van der Waals surface area (Å²) >= 11 is 0. The lowest BCUT2D eigenvalue weighted by atomic mass is 10.1. The van der Waals surface area contributed by atoms with Crippen LogP contribution < -0.4 is 10.2 Å². The third-order valence-corrected chi connectivity index (χ3v) is 4.51. The summed E-state index contributed by atoms with van der Waals surface area (Å²) in [6.07, 6.45) is 4.82. The Balaban J connectivity index is 1.95. The molecule has 1 aliphatic heterocycles. The highest BCUT2D eigenvalue weighted by Crippen LogP contribution is 2.32. The number of carbonyl (C=O) groups excluding carboxylic acids is 2. The molecule has 0 bridgehead atoms. The zero-order valence-corrected chi connectivity index (χ0v) is 15.4. The van der Waals surface area contributed by atoms with Crippen LogP contribution in [0, 0.1) is 6.92 Å². The first-order valence-electron chi connectivity index (χ1n) is 8.99. The number of carbonyl (C=O) groups is 2. The second-order valence-corrected chi connectivity index (χ2v) is 6.41. The number of hydrogen-bond acceptors (Lipinski definition) is 7. The number of amides is 1. The maximum atomic E-state index is 12.8. The van der Waals surface area contributed by atoms with Gasteiger partial charge in [-0.1, -0.05) is 0 Å². The summed E-state index contributed by atoms with van der Waals surface area (Å²) < 4.78 is 10.6. The average Bonchev–Trinajstić information content (AvgIpc) is 2.98. The molecule has 8 heteroatoms. The van der Waals surface area contributed by atoms with Crippen LogP contribution in [-0.4, -0.2) is 47.6 Å². The minimum absolute atomic E-state index is 0.264. The third kappa shape index (κ3) is 3.49. The molecule has 1 unspecified atom stereocenters. The van der Waals surface area contributed by atoms with E-state index in [0.717, 1.165) is 25.9 Å². The Bertz CT molecular complexity index is 811. The fraction of sp³-hybridized carbons (Fsp3) is 0.556. The quantitative estimate of drug-likeness (QED) is 0.816. The number of anilines is 1. The number of ether oxygens (including phenoxy) is 1.